The lowest BCUT2D eigenvalue weighted by molar-refractivity contribution is -0.129. The SMILES string of the molecule is CC1(C)SC[C@@H](C(=O)NCCn2ncc3ccccc3c2=O)NC1=O. The van der Waals surface area contributed by atoms with E-state index in [9.17, 15) is 14.4 Å². The molecule has 2 aromatic rings. The Balaban J connectivity index is 1.58. The molecule has 2 amide bonds. The van der Waals surface area contributed by atoms with Gasteiger partial charge in [0.05, 0.1) is 22.9 Å². The summed E-state index contributed by atoms with van der Waals surface area (Å²) in [4.78, 5) is 36.5. The number of fused-ring (bicyclic) bond motifs is 1. The van der Waals surface area contributed by atoms with Gasteiger partial charge in [-0.05, 0) is 19.9 Å². The first-order valence-electron chi connectivity index (χ1n) is 8.06. The molecule has 1 aromatic heterocycles. The number of amides is 2. The molecule has 2 N–H and O–H groups in total. The lowest BCUT2D eigenvalue weighted by atomic mass is 10.1. The topological polar surface area (TPSA) is 93.1 Å². The Morgan fingerprint density at radius 2 is 2.16 bits per heavy atom. The summed E-state index contributed by atoms with van der Waals surface area (Å²) < 4.78 is 0.818. The Morgan fingerprint density at radius 1 is 1.40 bits per heavy atom. The molecule has 3 rings (SSSR count). The molecule has 2 heterocycles. The first-order valence-corrected chi connectivity index (χ1v) is 9.04. The maximum atomic E-state index is 12.3. The second-order valence-corrected chi connectivity index (χ2v) is 8.04. The van der Waals surface area contributed by atoms with Crippen LogP contribution in [0.3, 0.4) is 0 Å². The molecular formula is C17H20N4O3S. The fourth-order valence-electron chi connectivity index (χ4n) is 2.57. The van der Waals surface area contributed by atoms with Gasteiger partial charge in [0, 0.05) is 17.7 Å². The predicted molar refractivity (Wildman–Crippen MR) is 97.5 cm³/mol. The molecule has 0 aliphatic carbocycles. The third-order valence-corrected chi connectivity index (χ3v) is 5.57. The number of thioether (sulfide) groups is 1. The van der Waals surface area contributed by atoms with Gasteiger partial charge in [-0.25, -0.2) is 4.68 Å². The normalized spacial score (nSPS) is 19.4. The molecule has 1 saturated heterocycles. The molecule has 1 aromatic carbocycles. The first-order chi connectivity index (χ1) is 11.9. The van der Waals surface area contributed by atoms with Gasteiger partial charge in [-0.3, -0.25) is 14.4 Å². The van der Waals surface area contributed by atoms with Crippen molar-refractivity contribution in [1.29, 1.82) is 0 Å². The van der Waals surface area contributed by atoms with E-state index in [-0.39, 0.29) is 30.5 Å². The van der Waals surface area contributed by atoms with Crippen molar-refractivity contribution in [2.45, 2.75) is 31.2 Å². The number of benzene rings is 1. The van der Waals surface area contributed by atoms with Crippen molar-refractivity contribution < 1.29 is 9.59 Å². The molecule has 1 aliphatic rings. The molecule has 1 fully saturated rings. The molecule has 0 radical (unpaired) electrons. The Hall–Kier alpha value is -2.35. The largest absolute Gasteiger partial charge is 0.352 e. The van der Waals surface area contributed by atoms with E-state index in [0.29, 0.717) is 11.1 Å². The van der Waals surface area contributed by atoms with Crippen molar-refractivity contribution in [2.24, 2.45) is 0 Å². The van der Waals surface area contributed by atoms with E-state index < -0.39 is 10.8 Å². The number of carbonyl (C=O) groups is 2. The van der Waals surface area contributed by atoms with Crippen molar-refractivity contribution in [3.8, 4) is 0 Å². The van der Waals surface area contributed by atoms with Gasteiger partial charge in [-0.1, -0.05) is 18.2 Å². The lowest BCUT2D eigenvalue weighted by Gasteiger charge is -2.32. The Kier molecular flexibility index (Phi) is 4.80. The van der Waals surface area contributed by atoms with Crippen LogP contribution in [-0.4, -0.2) is 44.7 Å². The van der Waals surface area contributed by atoms with Crippen LogP contribution in [0.4, 0.5) is 0 Å². The highest BCUT2D eigenvalue weighted by molar-refractivity contribution is 8.01. The average Bonchev–Trinajstić information content (AvgIpc) is 2.59. The van der Waals surface area contributed by atoms with Gasteiger partial charge in [0.25, 0.3) is 5.56 Å². The Labute approximate surface area is 149 Å². The summed E-state index contributed by atoms with van der Waals surface area (Å²) in [6.45, 7) is 4.21. The average molecular weight is 360 g/mol. The van der Waals surface area contributed by atoms with Crippen LogP contribution in [0.1, 0.15) is 13.8 Å². The summed E-state index contributed by atoms with van der Waals surface area (Å²) in [5, 5.41) is 11.0. The minimum atomic E-state index is -0.549. The molecule has 8 heteroatoms. The highest BCUT2D eigenvalue weighted by Gasteiger charge is 2.37. The van der Waals surface area contributed by atoms with Crippen LogP contribution in [0, 0.1) is 0 Å². The van der Waals surface area contributed by atoms with Crippen LogP contribution >= 0.6 is 11.8 Å². The van der Waals surface area contributed by atoms with Crippen molar-refractivity contribution in [1.82, 2.24) is 20.4 Å². The molecule has 0 bridgehead atoms. The summed E-state index contributed by atoms with van der Waals surface area (Å²) in [6, 6.07) is 6.70. The predicted octanol–water partition coefficient (Wildman–Crippen LogP) is 0.523. The van der Waals surface area contributed by atoms with E-state index in [0.717, 1.165) is 5.39 Å². The highest BCUT2D eigenvalue weighted by atomic mass is 32.2. The van der Waals surface area contributed by atoms with Crippen LogP contribution in [0.25, 0.3) is 10.8 Å². The van der Waals surface area contributed by atoms with Crippen LogP contribution in [0.2, 0.25) is 0 Å². The van der Waals surface area contributed by atoms with E-state index in [1.807, 2.05) is 26.0 Å². The van der Waals surface area contributed by atoms with Gasteiger partial charge in [-0.15, -0.1) is 11.8 Å². The second-order valence-electron chi connectivity index (χ2n) is 6.40. The van der Waals surface area contributed by atoms with Crippen molar-refractivity contribution in [3.63, 3.8) is 0 Å². The maximum absolute atomic E-state index is 12.3. The molecule has 7 nitrogen and oxygen atoms in total. The van der Waals surface area contributed by atoms with Gasteiger partial charge in [0.2, 0.25) is 11.8 Å². The fourth-order valence-corrected chi connectivity index (χ4v) is 3.58. The van der Waals surface area contributed by atoms with Gasteiger partial charge in [0.15, 0.2) is 0 Å². The monoisotopic (exact) mass is 360 g/mol. The zero-order chi connectivity index (χ0) is 18.0. The number of rotatable bonds is 4. The zero-order valence-corrected chi connectivity index (χ0v) is 14.9. The third kappa shape index (κ3) is 3.68. The Bertz CT molecular complexity index is 878. The standard InChI is InChI=1S/C17H20N4O3S/c1-17(2)16(24)20-13(10-25-17)14(22)18-7-8-21-15(23)12-6-4-3-5-11(12)9-19-21/h3-6,9,13H,7-8,10H2,1-2H3,(H,18,22)(H,20,24)/t13-/m0/s1. The smallest absolute Gasteiger partial charge is 0.274 e. The quantitative estimate of drug-likeness (QED) is 0.829. The number of nitrogens with zero attached hydrogens (tertiary/aromatic N) is 2. The number of nitrogens with one attached hydrogen (secondary N) is 2. The van der Waals surface area contributed by atoms with E-state index >= 15 is 0 Å². The van der Waals surface area contributed by atoms with Crippen molar-refractivity contribution in [2.75, 3.05) is 12.3 Å². The zero-order valence-electron chi connectivity index (χ0n) is 14.1. The van der Waals surface area contributed by atoms with E-state index in [4.69, 9.17) is 0 Å². The number of hydrogen-bond acceptors (Lipinski definition) is 5. The molecule has 0 saturated carbocycles. The second kappa shape index (κ2) is 6.87. The summed E-state index contributed by atoms with van der Waals surface area (Å²) >= 11 is 1.46. The van der Waals surface area contributed by atoms with Gasteiger partial charge in [0.1, 0.15) is 6.04 Å². The summed E-state index contributed by atoms with van der Waals surface area (Å²) in [6.07, 6.45) is 1.64. The number of aromatic nitrogens is 2. The first kappa shape index (κ1) is 17.5. The van der Waals surface area contributed by atoms with Crippen LogP contribution in [-0.2, 0) is 16.1 Å². The van der Waals surface area contributed by atoms with Crippen molar-refractivity contribution >= 4 is 34.3 Å². The molecule has 1 atom stereocenters. The van der Waals surface area contributed by atoms with Crippen LogP contribution < -0.4 is 16.2 Å². The molecular weight excluding hydrogens is 340 g/mol. The van der Waals surface area contributed by atoms with Crippen LogP contribution in [0.15, 0.2) is 35.3 Å². The molecule has 1 aliphatic heterocycles. The van der Waals surface area contributed by atoms with Gasteiger partial charge >= 0.3 is 0 Å². The summed E-state index contributed by atoms with van der Waals surface area (Å²) in [5.41, 5.74) is -0.185. The van der Waals surface area contributed by atoms with E-state index in [1.54, 1.807) is 18.3 Å². The minimum absolute atomic E-state index is 0.142. The summed E-state index contributed by atoms with van der Waals surface area (Å²) in [7, 11) is 0. The molecule has 0 spiro atoms. The summed E-state index contributed by atoms with van der Waals surface area (Å²) in [5.74, 6) is 0.139. The van der Waals surface area contributed by atoms with Crippen LogP contribution in [0.5, 0.6) is 0 Å². The van der Waals surface area contributed by atoms with Crippen molar-refractivity contribution in [3.05, 3.63) is 40.8 Å². The lowest BCUT2D eigenvalue weighted by Crippen LogP contribution is -2.57. The fraction of sp³-hybridized carbons (Fsp3) is 0.412. The maximum Gasteiger partial charge on any atom is 0.274 e. The van der Waals surface area contributed by atoms with Gasteiger partial charge in [-0.2, -0.15) is 5.10 Å². The number of carbonyl (C=O) groups excluding carboxylic acids is 2. The Morgan fingerprint density at radius 3 is 2.92 bits per heavy atom. The van der Waals surface area contributed by atoms with E-state index in [1.165, 1.54) is 16.4 Å². The highest BCUT2D eigenvalue weighted by Crippen LogP contribution is 2.28. The molecule has 0 unspecified atom stereocenters. The van der Waals surface area contributed by atoms with E-state index in [2.05, 4.69) is 15.7 Å². The number of hydrogen-bond donors (Lipinski definition) is 2. The minimum Gasteiger partial charge on any atom is -0.352 e. The third-order valence-electron chi connectivity index (χ3n) is 4.16. The molecule has 132 valence electrons. The molecule has 25 heavy (non-hydrogen) atoms. The van der Waals surface area contributed by atoms with Gasteiger partial charge < -0.3 is 10.6 Å².